The van der Waals surface area contributed by atoms with Crippen LogP contribution in [0.1, 0.15) is 60.9 Å². The molecule has 0 N–H and O–H groups in total. The van der Waals surface area contributed by atoms with E-state index < -0.39 is 0 Å². The third kappa shape index (κ3) is 2.48. The molecule has 3 heteroatoms. The van der Waals surface area contributed by atoms with E-state index in [1.54, 1.807) is 0 Å². The molecule has 0 radical (unpaired) electrons. The standard InChI is InChI=1S/C19H21NOS/c20-12-19(8-9-19)15-6-4-13(5-7-15)18(21)14-10-16-2-1-3-17(11-14)22-16/h4-7,14,16-17H,1-3,8-11H2. The largest absolute Gasteiger partial charge is 0.294 e. The maximum atomic E-state index is 12.8. The molecule has 4 rings (SSSR count). The van der Waals surface area contributed by atoms with Gasteiger partial charge < -0.3 is 0 Å². The number of fused-ring (bicyclic) bond motifs is 2. The predicted molar refractivity (Wildman–Crippen MR) is 89.0 cm³/mol. The molecule has 0 spiro atoms. The molecular formula is C19H21NOS. The van der Waals surface area contributed by atoms with Crippen LogP contribution in [0.3, 0.4) is 0 Å². The molecule has 2 nitrogen and oxygen atoms in total. The maximum absolute atomic E-state index is 12.8. The van der Waals surface area contributed by atoms with E-state index in [0.29, 0.717) is 16.3 Å². The second-order valence-corrected chi connectivity index (χ2v) is 8.72. The number of nitriles is 1. The molecule has 3 aliphatic rings. The van der Waals surface area contributed by atoms with E-state index in [9.17, 15) is 10.1 Å². The van der Waals surface area contributed by atoms with E-state index in [1.807, 2.05) is 24.3 Å². The van der Waals surface area contributed by atoms with Crippen molar-refractivity contribution in [3.8, 4) is 6.07 Å². The van der Waals surface area contributed by atoms with Crippen LogP contribution in [0.4, 0.5) is 0 Å². The van der Waals surface area contributed by atoms with Crippen molar-refractivity contribution in [2.24, 2.45) is 5.92 Å². The Labute approximate surface area is 136 Å². The number of nitrogens with zero attached hydrogens (tertiary/aromatic N) is 1. The van der Waals surface area contributed by atoms with Crippen LogP contribution in [0.5, 0.6) is 0 Å². The van der Waals surface area contributed by atoms with E-state index >= 15 is 0 Å². The van der Waals surface area contributed by atoms with Gasteiger partial charge in [0.25, 0.3) is 0 Å². The van der Waals surface area contributed by atoms with Crippen molar-refractivity contribution in [2.45, 2.75) is 60.9 Å². The van der Waals surface area contributed by atoms with Crippen molar-refractivity contribution in [1.29, 1.82) is 5.26 Å². The molecule has 1 aromatic rings. The minimum Gasteiger partial charge on any atom is -0.294 e. The minimum absolute atomic E-state index is 0.216. The maximum Gasteiger partial charge on any atom is 0.166 e. The van der Waals surface area contributed by atoms with Crippen LogP contribution in [-0.4, -0.2) is 16.3 Å². The summed E-state index contributed by atoms with van der Waals surface area (Å²) in [5.41, 5.74) is 1.68. The SMILES string of the molecule is N#CC1(c2ccc(C(=O)C3CC4CCCC(C3)S4)cc2)CC1. The van der Waals surface area contributed by atoms with E-state index in [1.165, 1.54) is 19.3 Å². The molecule has 22 heavy (non-hydrogen) atoms. The van der Waals surface area contributed by atoms with Crippen molar-refractivity contribution in [3.05, 3.63) is 35.4 Å². The number of benzene rings is 1. The van der Waals surface area contributed by atoms with Gasteiger partial charge in [0.05, 0.1) is 11.5 Å². The van der Waals surface area contributed by atoms with Gasteiger partial charge in [-0.05, 0) is 44.1 Å². The predicted octanol–water partition coefficient (Wildman–Crippen LogP) is 4.49. The first-order valence-electron chi connectivity index (χ1n) is 8.42. The molecule has 0 aromatic heterocycles. The van der Waals surface area contributed by atoms with Crippen LogP contribution < -0.4 is 0 Å². The van der Waals surface area contributed by atoms with E-state index in [0.717, 1.165) is 36.8 Å². The van der Waals surface area contributed by atoms with Crippen LogP contribution in [0.15, 0.2) is 24.3 Å². The van der Waals surface area contributed by atoms with Gasteiger partial charge in [0.1, 0.15) is 0 Å². The molecule has 2 aliphatic heterocycles. The number of ketones is 1. The molecule has 1 aliphatic carbocycles. The van der Waals surface area contributed by atoms with Crippen LogP contribution in [-0.2, 0) is 5.41 Å². The summed E-state index contributed by atoms with van der Waals surface area (Å²) >= 11 is 2.12. The third-order valence-electron chi connectivity index (χ3n) is 5.59. The first kappa shape index (κ1) is 14.3. The van der Waals surface area contributed by atoms with Gasteiger partial charge in [0.2, 0.25) is 0 Å². The summed E-state index contributed by atoms with van der Waals surface area (Å²) in [5.74, 6) is 0.541. The normalized spacial score (nSPS) is 32.0. The quantitative estimate of drug-likeness (QED) is 0.772. The average Bonchev–Trinajstić information content (AvgIpc) is 3.35. The average molecular weight is 311 g/mol. The first-order valence-corrected chi connectivity index (χ1v) is 9.36. The molecular weight excluding hydrogens is 290 g/mol. The lowest BCUT2D eigenvalue weighted by atomic mass is 9.84. The summed E-state index contributed by atoms with van der Waals surface area (Å²) < 4.78 is 0. The van der Waals surface area contributed by atoms with Crippen molar-refractivity contribution in [2.75, 3.05) is 0 Å². The Kier molecular flexibility index (Phi) is 3.53. The Morgan fingerprint density at radius 1 is 1.14 bits per heavy atom. The Hall–Kier alpha value is -1.27. The second-order valence-electron chi connectivity index (χ2n) is 7.11. The summed E-state index contributed by atoms with van der Waals surface area (Å²) in [5, 5.41) is 10.7. The van der Waals surface area contributed by atoms with Gasteiger partial charge in [-0.25, -0.2) is 0 Å². The molecule has 2 heterocycles. The summed E-state index contributed by atoms with van der Waals surface area (Å²) in [7, 11) is 0. The zero-order chi connectivity index (χ0) is 15.2. The number of rotatable bonds is 3. The zero-order valence-corrected chi connectivity index (χ0v) is 13.6. The lowest BCUT2D eigenvalue weighted by Gasteiger charge is -2.38. The van der Waals surface area contributed by atoms with Gasteiger partial charge in [0.15, 0.2) is 5.78 Å². The molecule has 2 unspecified atom stereocenters. The summed E-state index contributed by atoms with van der Waals surface area (Å²) in [6.45, 7) is 0. The Morgan fingerprint density at radius 3 is 2.32 bits per heavy atom. The molecule has 114 valence electrons. The highest BCUT2D eigenvalue weighted by Crippen LogP contribution is 2.48. The highest BCUT2D eigenvalue weighted by Gasteiger charge is 2.44. The lowest BCUT2D eigenvalue weighted by Crippen LogP contribution is -2.32. The van der Waals surface area contributed by atoms with Crippen LogP contribution in [0, 0.1) is 17.2 Å². The number of carbonyl (C=O) groups is 1. The van der Waals surface area contributed by atoms with Crippen molar-refractivity contribution in [1.82, 2.24) is 0 Å². The van der Waals surface area contributed by atoms with Gasteiger partial charge >= 0.3 is 0 Å². The van der Waals surface area contributed by atoms with Crippen LogP contribution >= 0.6 is 11.8 Å². The topological polar surface area (TPSA) is 40.9 Å². The summed E-state index contributed by atoms with van der Waals surface area (Å²) in [4.78, 5) is 12.8. The number of Topliss-reactive ketones (excluding diaryl/α,β-unsaturated/α-hetero) is 1. The fourth-order valence-electron chi connectivity index (χ4n) is 4.05. The fraction of sp³-hybridized carbons (Fsp3) is 0.579. The number of hydrogen-bond donors (Lipinski definition) is 0. The van der Waals surface area contributed by atoms with Gasteiger partial charge in [-0.3, -0.25) is 4.79 Å². The lowest BCUT2D eigenvalue weighted by molar-refractivity contribution is 0.0896. The number of carbonyl (C=O) groups excluding carboxylic acids is 1. The number of thioether (sulfide) groups is 1. The van der Waals surface area contributed by atoms with Gasteiger partial charge in [-0.15, -0.1) is 0 Å². The van der Waals surface area contributed by atoms with Crippen LogP contribution in [0.25, 0.3) is 0 Å². The molecule has 1 saturated carbocycles. The smallest absolute Gasteiger partial charge is 0.166 e. The minimum atomic E-state index is -0.250. The molecule has 0 amide bonds. The van der Waals surface area contributed by atoms with E-state index in [2.05, 4.69) is 17.8 Å². The highest BCUT2D eigenvalue weighted by atomic mass is 32.2. The Morgan fingerprint density at radius 2 is 1.77 bits per heavy atom. The molecule has 2 bridgehead atoms. The van der Waals surface area contributed by atoms with Crippen molar-refractivity contribution >= 4 is 17.5 Å². The first-order chi connectivity index (χ1) is 10.7. The molecule has 1 aromatic carbocycles. The molecule has 3 fully saturated rings. The van der Waals surface area contributed by atoms with E-state index in [4.69, 9.17) is 0 Å². The monoisotopic (exact) mass is 311 g/mol. The highest BCUT2D eigenvalue weighted by molar-refractivity contribution is 8.00. The fourth-order valence-corrected chi connectivity index (χ4v) is 5.89. The molecule has 2 saturated heterocycles. The summed E-state index contributed by atoms with van der Waals surface area (Å²) in [6, 6.07) is 10.3. The summed E-state index contributed by atoms with van der Waals surface area (Å²) in [6.07, 6.45) is 7.95. The van der Waals surface area contributed by atoms with Crippen molar-refractivity contribution in [3.63, 3.8) is 0 Å². The molecule has 2 atom stereocenters. The Bertz CT molecular complexity index is 614. The van der Waals surface area contributed by atoms with E-state index in [-0.39, 0.29) is 11.3 Å². The van der Waals surface area contributed by atoms with Crippen molar-refractivity contribution < 1.29 is 4.79 Å². The Balaban J connectivity index is 1.50. The number of hydrogen-bond acceptors (Lipinski definition) is 3. The third-order valence-corrected chi connectivity index (χ3v) is 7.21. The van der Waals surface area contributed by atoms with Crippen LogP contribution in [0.2, 0.25) is 0 Å². The van der Waals surface area contributed by atoms with Gasteiger partial charge in [-0.1, -0.05) is 30.7 Å². The van der Waals surface area contributed by atoms with Gasteiger partial charge in [0, 0.05) is 22.0 Å². The second kappa shape index (κ2) is 5.42. The zero-order valence-electron chi connectivity index (χ0n) is 12.8. The van der Waals surface area contributed by atoms with Gasteiger partial charge in [-0.2, -0.15) is 17.0 Å².